The predicted molar refractivity (Wildman–Crippen MR) is 115 cm³/mol. The topological polar surface area (TPSA) is 121 Å². The van der Waals surface area contributed by atoms with Crippen molar-refractivity contribution in [1.29, 1.82) is 0 Å². The number of benzene rings is 2. The molecule has 0 unspecified atom stereocenters. The molecule has 3 N–H and O–H groups in total. The van der Waals surface area contributed by atoms with Gasteiger partial charge in [-0.15, -0.1) is 0 Å². The number of pyridine rings is 1. The smallest absolute Gasteiger partial charge is 0.339 e. The number of aromatic nitrogens is 1. The molecule has 0 aliphatic heterocycles. The third-order valence-corrected chi connectivity index (χ3v) is 4.65. The van der Waals surface area contributed by atoms with E-state index in [1.54, 1.807) is 38.1 Å². The minimum Gasteiger partial charge on any atom is -0.497 e. The molecule has 1 atom stereocenters. The lowest BCUT2D eigenvalue weighted by Crippen LogP contribution is -2.45. The fourth-order valence-electron chi connectivity index (χ4n) is 3.12. The zero-order valence-corrected chi connectivity index (χ0v) is 17.4. The third kappa shape index (κ3) is 4.98. The van der Waals surface area contributed by atoms with Gasteiger partial charge in [0, 0.05) is 10.9 Å². The molecule has 3 aromatic rings. The quantitative estimate of drug-likeness (QED) is 0.589. The Morgan fingerprint density at radius 1 is 1.03 bits per heavy atom. The Kier molecular flexibility index (Phi) is 6.49. The molecule has 0 aliphatic carbocycles. The Labute approximate surface area is 179 Å². The van der Waals surface area contributed by atoms with Crippen molar-refractivity contribution in [3.63, 3.8) is 0 Å². The molecule has 8 heteroatoms. The lowest BCUT2D eigenvalue weighted by atomic mass is 10.0. The number of hydrogen-bond donors (Lipinski definition) is 2. The van der Waals surface area contributed by atoms with Crippen molar-refractivity contribution in [3.05, 3.63) is 60.2 Å². The number of imide groups is 1. The lowest BCUT2D eigenvalue weighted by molar-refractivity contribution is -0.130. The summed E-state index contributed by atoms with van der Waals surface area (Å²) in [5, 5.41) is 2.48. The highest BCUT2D eigenvalue weighted by atomic mass is 16.5. The number of methoxy groups -OCH3 is 1. The molecule has 0 bridgehead atoms. The number of fused-ring (bicyclic) bond motifs is 1. The number of primary amides is 1. The molecule has 1 aromatic heterocycles. The molecule has 0 radical (unpaired) electrons. The van der Waals surface area contributed by atoms with E-state index in [9.17, 15) is 14.4 Å². The van der Waals surface area contributed by atoms with Crippen LogP contribution in [0.25, 0.3) is 22.2 Å². The van der Waals surface area contributed by atoms with Crippen LogP contribution in [0.2, 0.25) is 0 Å². The summed E-state index contributed by atoms with van der Waals surface area (Å²) in [6.07, 6.45) is -1.20. The van der Waals surface area contributed by atoms with E-state index in [-0.39, 0.29) is 11.5 Å². The van der Waals surface area contributed by atoms with Crippen LogP contribution < -0.4 is 15.8 Å². The summed E-state index contributed by atoms with van der Waals surface area (Å²) in [6, 6.07) is 15.2. The Balaban J connectivity index is 2.08. The van der Waals surface area contributed by atoms with E-state index in [4.69, 9.17) is 15.2 Å². The SMILES string of the molecule is COc1ccc2nc(-c3ccccc3)cc(C(=O)O[C@H](C(=O)NC(N)=O)C(C)C)c2c1. The maximum absolute atomic E-state index is 13.2. The Bertz CT molecular complexity index is 1130. The maximum atomic E-state index is 13.2. The van der Waals surface area contributed by atoms with Gasteiger partial charge in [0.25, 0.3) is 5.91 Å². The number of hydrogen-bond acceptors (Lipinski definition) is 6. The summed E-state index contributed by atoms with van der Waals surface area (Å²) >= 11 is 0. The average molecular weight is 421 g/mol. The van der Waals surface area contributed by atoms with Gasteiger partial charge in [-0.3, -0.25) is 10.1 Å². The predicted octanol–water partition coefficient (Wildman–Crippen LogP) is 3.29. The van der Waals surface area contributed by atoms with Gasteiger partial charge >= 0.3 is 12.0 Å². The van der Waals surface area contributed by atoms with Gasteiger partial charge in [0.15, 0.2) is 6.10 Å². The first-order valence-corrected chi connectivity index (χ1v) is 9.65. The number of ether oxygens (including phenoxy) is 2. The Hall–Kier alpha value is -3.94. The number of urea groups is 1. The Morgan fingerprint density at radius 3 is 2.35 bits per heavy atom. The molecule has 160 valence electrons. The van der Waals surface area contributed by atoms with Crippen LogP contribution in [0.5, 0.6) is 5.75 Å². The maximum Gasteiger partial charge on any atom is 0.339 e. The van der Waals surface area contributed by atoms with E-state index in [0.29, 0.717) is 22.3 Å². The van der Waals surface area contributed by atoms with Gasteiger partial charge < -0.3 is 15.2 Å². The Morgan fingerprint density at radius 2 is 1.74 bits per heavy atom. The molecule has 31 heavy (non-hydrogen) atoms. The van der Waals surface area contributed by atoms with Gasteiger partial charge in [-0.2, -0.15) is 0 Å². The molecule has 1 heterocycles. The first kappa shape index (κ1) is 21.8. The minimum atomic E-state index is -1.20. The number of rotatable bonds is 6. The highest BCUT2D eigenvalue weighted by Crippen LogP contribution is 2.28. The van der Waals surface area contributed by atoms with Crippen molar-refractivity contribution in [3.8, 4) is 17.0 Å². The number of amides is 3. The number of carbonyl (C=O) groups excluding carboxylic acids is 3. The van der Waals surface area contributed by atoms with E-state index in [1.165, 1.54) is 7.11 Å². The van der Waals surface area contributed by atoms with Crippen LogP contribution in [-0.4, -0.2) is 36.1 Å². The van der Waals surface area contributed by atoms with Gasteiger partial charge in [-0.1, -0.05) is 44.2 Å². The highest BCUT2D eigenvalue weighted by molar-refractivity contribution is 6.06. The van der Waals surface area contributed by atoms with E-state index in [0.717, 1.165) is 5.56 Å². The zero-order chi connectivity index (χ0) is 22.5. The van der Waals surface area contributed by atoms with Crippen LogP contribution in [0.15, 0.2) is 54.6 Å². The van der Waals surface area contributed by atoms with Crippen LogP contribution in [-0.2, 0) is 9.53 Å². The molecule has 0 aliphatic rings. The molecule has 0 saturated heterocycles. The summed E-state index contributed by atoms with van der Waals surface area (Å²) < 4.78 is 10.8. The summed E-state index contributed by atoms with van der Waals surface area (Å²) in [5.41, 5.74) is 7.22. The summed E-state index contributed by atoms with van der Waals surface area (Å²) in [4.78, 5) is 41.2. The fraction of sp³-hybridized carbons (Fsp3) is 0.217. The highest BCUT2D eigenvalue weighted by Gasteiger charge is 2.29. The molecule has 0 fully saturated rings. The van der Waals surface area contributed by atoms with Crippen molar-refractivity contribution < 1.29 is 23.9 Å². The van der Waals surface area contributed by atoms with Crippen molar-refractivity contribution >= 4 is 28.8 Å². The molecule has 0 spiro atoms. The second kappa shape index (κ2) is 9.25. The third-order valence-electron chi connectivity index (χ3n) is 4.65. The number of nitrogens with zero attached hydrogens (tertiary/aromatic N) is 1. The monoisotopic (exact) mass is 421 g/mol. The lowest BCUT2D eigenvalue weighted by Gasteiger charge is -2.20. The minimum absolute atomic E-state index is 0.222. The van der Waals surface area contributed by atoms with Crippen molar-refractivity contribution in [1.82, 2.24) is 10.3 Å². The molecule has 0 saturated carbocycles. The van der Waals surface area contributed by atoms with Crippen molar-refractivity contribution in [2.24, 2.45) is 11.7 Å². The molecule has 2 aromatic carbocycles. The fourth-order valence-corrected chi connectivity index (χ4v) is 3.12. The molecular formula is C23H23N3O5. The second-order valence-electron chi connectivity index (χ2n) is 7.23. The first-order chi connectivity index (χ1) is 14.8. The second-order valence-corrected chi connectivity index (χ2v) is 7.23. The van der Waals surface area contributed by atoms with Gasteiger partial charge in [-0.05, 0) is 30.2 Å². The van der Waals surface area contributed by atoms with Crippen LogP contribution in [0, 0.1) is 5.92 Å². The largest absolute Gasteiger partial charge is 0.497 e. The number of nitrogens with two attached hydrogens (primary N) is 1. The molecular weight excluding hydrogens is 398 g/mol. The number of nitrogens with one attached hydrogen (secondary N) is 1. The van der Waals surface area contributed by atoms with Crippen LogP contribution in [0.3, 0.4) is 0 Å². The molecule has 3 amide bonds. The van der Waals surface area contributed by atoms with Crippen LogP contribution in [0.1, 0.15) is 24.2 Å². The summed E-state index contributed by atoms with van der Waals surface area (Å²) in [7, 11) is 1.52. The van der Waals surface area contributed by atoms with Crippen LogP contribution in [0.4, 0.5) is 4.79 Å². The molecule has 8 nitrogen and oxygen atoms in total. The summed E-state index contributed by atoms with van der Waals surface area (Å²) in [5.74, 6) is -1.35. The van der Waals surface area contributed by atoms with E-state index in [1.807, 2.05) is 35.6 Å². The van der Waals surface area contributed by atoms with Gasteiger partial charge in [0.1, 0.15) is 5.75 Å². The van der Waals surface area contributed by atoms with Crippen molar-refractivity contribution in [2.75, 3.05) is 7.11 Å². The van der Waals surface area contributed by atoms with E-state index in [2.05, 4.69) is 4.98 Å². The molecule has 3 rings (SSSR count). The normalized spacial score (nSPS) is 11.7. The van der Waals surface area contributed by atoms with Crippen LogP contribution >= 0.6 is 0 Å². The zero-order valence-electron chi connectivity index (χ0n) is 17.4. The van der Waals surface area contributed by atoms with E-state index < -0.39 is 24.0 Å². The number of esters is 1. The first-order valence-electron chi connectivity index (χ1n) is 9.65. The standard InChI is InChI=1S/C23H23N3O5/c1-13(2)20(21(27)26-23(24)29)31-22(28)17-12-19(14-7-5-4-6-8-14)25-18-10-9-15(30-3)11-16(17)18/h4-13,20H,1-3H3,(H3,24,26,27,29)/t20-/m0/s1. The van der Waals surface area contributed by atoms with Crippen molar-refractivity contribution in [2.45, 2.75) is 20.0 Å². The van der Waals surface area contributed by atoms with Gasteiger partial charge in [0.2, 0.25) is 0 Å². The van der Waals surface area contributed by atoms with Gasteiger partial charge in [-0.25, -0.2) is 14.6 Å². The average Bonchev–Trinajstić information content (AvgIpc) is 2.75. The van der Waals surface area contributed by atoms with Gasteiger partial charge in [0.05, 0.1) is 23.9 Å². The van der Waals surface area contributed by atoms with E-state index >= 15 is 0 Å². The number of carbonyl (C=O) groups is 3. The summed E-state index contributed by atoms with van der Waals surface area (Å²) in [6.45, 7) is 3.39.